The maximum absolute atomic E-state index is 11.8. The van der Waals surface area contributed by atoms with E-state index in [0.29, 0.717) is 18.9 Å². The van der Waals surface area contributed by atoms with Crippen molar-refractivity contribution in [1.29, 1.82) is 0 Å². The summed E-state index contributed by atoms with van der Waals surface area (Å²) in [6.45, 7) is 2.51. The summed E-state index contributed by atoms with van der Waals surface area (Å²) in [4.78, 5) is 26.5. The Morgan fingerprint density at radius 2 is 2.19 bits per heavy atom. The number of urea groups is 1. The van der Waals surface area contributed by atoms with Gasteiger partial charge in [-0.05, 0) is 25.7 Å². The molecule has 0 bridgehead atoms. The van der Waals surface area contributed by atoms with Crippen LogP contribution in [-0.2, 0) is 6.42 Å². The van der Waals surface area contributed by atoms with Crippen molar-refractivity contribution in [2.24, 2.45) is 5.92 Å². The Bertz CT molecular complexity index is 497. The number of hydrogen-bond donors (Lipinski definition) is 3. The van der Waals surface area contributed by atoms with E-state index in [1.54, 1.807) is 0 Å². The molecule has 0 spiro atoms. The summed E-state index contributed by atoms with van der Waals surface area (Å²) in [5, 5.41) is 16.8. The number of nitrogens with one attached hydrogen (secondary N) is 2. The molecule has 0 saturated heterocycles. The van der Waals surface area contributed by atoms with Crippen molar-refractivity contribution in [2.45, 2.75) is 45.1 Å². The van der Waals surface area contributed by atoms with Gasteiger partial charge in [0.05, 0.1) is 5.01 Å². The smallest absolute Gasteiger partial charge is 0.355 e. The van der Waals surface area contributed by atoms with E-state index < -0.39 is 5.97 Å². The molecule has 1 atom stereocenters. The van der Waals surface area contributed by atoms with E-state index in [4.69, 9.17) is 5.11 Å². The van der Waals surface area contributed by atoms with E-state index >= 15 is 0 Å². The number of carboxylic acid groups (broad SMARTS) is 1. The first kappa shape index (κ1) is 15.8. The number of rotatable bonds is 6. The van der Waals surface area contributed by atoms with Crippen molar-refractivity contribution in [2.75, 3.05) is 6.54 Å². The van der Waals surface area contributed by atoms with Gasteiger partial charge < -0.3 is 15.7 Å². The number of aromatic carboxylic acids is 1. The molecule has 21 heavy (non-hydrogen) atoms. The quantitative estimate of drug-likeness (QED) is 0.751. The first-order valence-corrected chi connectivity index (χ1v) is 8.16. The van der Waals surface area contributed by atoms with Gasteiger partial charge in [-0.25, -0.2) is 14.6 Å². The highest BCUT2D eigenvalue weighted by atomic mass is 32.1. The third kappa shape index (κ3) is 4.70. The predicted molar refractivity (Wildman–Crippen MR) is 80.7 cm³/mol. The lowest BCUT2D eigenvalue weighted by Gasteiger charge is -2.20. The molecule has 1 saturated carbocycles. The zero-order valence-corrected chi connectivity index (χ0v) is 12.9. The summed E-state index contributed by atoms with van der Waals surface area (Å²) in [5.41, 5.74) is 0.0642. The Balaban J connectivity index is 1.67. The summed E-state index contributed by atoms with van der Waals surface area (Å²) >= 11 is 1.30. The number of thiazole rings is 1. The Morgan fingerprint density at radius 1 is 1.48 bits per heavy atom. The summed E-state index contributed by atoms with van der Waals surface area (Å²) in [6.07, 6.45) is 5.45. The van der Waals surface area contributed by atoms with Crippen LogP contribution in [0.15, 0.2) is 5.38 Å². The molecule has 116 valence electrons. The van der Waals surface area contributed by atoms with Crippen LogP contribution in [-0.4, -0.2) is 34.7 Å². The lowest BCUT2D eigenvalue weighted by molar-refractivity contribution is 0.0691. The molecular formula is C14H21N3O3S. The first-order valence-electron chi connectivity index (χ1n) is 7.28. The van der Waals surface area contributed by atoms with Gasteiger partial charge in [-0.15, -0.1) is 11.3 Å². The summed E-state index contributed by atoms with van der Waals surface area (Å²) in [7, 11) is 0. The molecule has 6 nitrogen and oxygen atoms in total. The second kappa shape index (κ2) is 7.40. The molecule has 3 N–H and O–H groups in total. The lowest BCUT2D eigenvalue weighted by atomic mass is 10.0. The van der Waals surface area contributed by atoms with Gasteiger partial charge in [-0.2, -0.15) is 0 Å². The fourth-order valence-electron chi connectivity index (χ4n) is 2.64. The van der Waals surface area contributed by atoms with E-state index in [1.165, 1.54) is 42.4 Å². The summed E-state index contributed by atoms with van der Waals surface area (Å²) in [5.74, 6) is -0.429. The normalized spacial score (nSPS) is 16.6. The molecule has 1 aliphatic carbocycles. The van der Waals surface area contributed by atoms with E-state index in [9.17, 15) is 9.59 Å². The van der Waals surface area contributed by atoms with E-state index in [-0.39, 0.29) is 17.8 Å². The van der Waals surface area contributed by atoms with Crippen LogP contribution in [0.4, 0.5) is 4.79 Å². The zero-order valence-electron chi connectivity index (χ0n) is 12.1. The van der Waals surface area contributed by atoms with Gasteiger partial charge in [0, 0.05) is 24.4 Å². The van der Waals surface area contributed by atoms with Gasteiger partial charge in [-0.3, -0.25) is 0 Å². The number of carboxylic acids is 1. The van der Waals surface area contributed by atoms with Crippen molar-refractivity contribution in [3.05, 3.63) is 16.1 Å². The fraction of sp³-hybridized carbons (Fsp3) is 0.643. The highest BCUT2D eigenvalue weighted by molar-refractivity contribution is 7.09. The molecule has 1 aromatic heterocycles. The maximum Gasteiger partial charge on any atom is 0.355 e. The molecule has 1 heterocycles. The molecule has 2 amide bonds. The average molecular weight is 311 g/mol. The van der Waals surface area contributed by atoms with E-state index in [1.807, 2.05) is 0 Å². The Hall–Kier alpha value is -1.63. The van der Waals surface area contributed by atoms with Crippen LogP contribution in [0.5, 0.6) is 0 Å². The maximum atomic E-state index is 11.8. The SMILES string of the molecule is CC(NC(=O)NCCc1nc(C(=O)O)cs1)C1CCCC1. The lowest BCUT2D eigenvalue weighted by Crippen LogP contribution is -2.44. The molecule has 7 heteroatoms. The van der Waals surface area contributed by atoms with Gasteiger partial charge >= 0.3 is 12.0 Å². The summed E-state index contributed by atoms with van der Waals surface area (Å²) in [6, 6.07) is 0.0374. The van der Waals surface area contributed by atoms with Gasteiger partial charge in [0.15, 0.2) is 5.69 Å². The molecule has 2 rings (SSSR count). The van der Waals surface area contributed by atoms with Crippen molar-refractivity contribution < 1.29 is 14.7 Å². The highest BCUT2D eigenvalue weighted by Crippen LogP contribution is 2.27. The summed E-state index contributed by atoms with van der Waals surface area (Å²) < 4.78 is 0. The second-order valence-corrected chi connectivity index (χ2v) is 6.36. The first-order chi connectivity index (χ1) is 10.1. The zero-order chi connectivity index (χ0) is 15.2. The minimum Gasteiger partial charge on any atom is -0.476 e. The molecule has 0 radical (unpaired) electrons. The topological polar surface area (TPSA) is 91.3 Å². The van der Waals surface area contributed by atoms with Crippen LogP contribution < -0.4 is 10.6 Å². The van der Waals surface area contributed by atoms with Gasteiger partial charge in [0.1, 0.15) is 0 Å². The largest absolute Gasteiger partial charge is 0.476 e. The third-order valence-electron chi connectivity index (χ3n) is 3.86. The Kier molecular flexibility index (Phi) is 5.55. The Morgan fingerprint density at radius 3 is 2.81 bits per heavy atom. The van der Waals surface area contributed by atoms with Crippen LogP contribution in [0, 0.1) is 5.92 Å². The van der Waals surface area contributed by atoms with Gasteiger partial charge in [0.25, 0.3) is 0 Å². The van der Waals surface area contributed by atoms with Crippen molar-refractivity contribution in [1.82, 2.24) is 15.6 Å². The van der Waals surface area contributed by atoms with Crippen molar-refractivity contribution >= 4 is 23.3 Å². The van der Waals surface area contributed by atoms with Crippen LogP contribution in [0.2, 0.25) is 0 Å². The van der Waals surface area contributed by atoms with Crippen molar-refractivity contribution in [3.63, 3.8) is 0 Å². The molecule has 1 aromatic rings. The molecule has 1 unspecified atom stereocenters. The number of hydrogen-bond acceptors (Lipinski definition) is 4. The molecule has 0 aromatic carbocycles. The fourth-order valence-corrected chi connectivity index (χ4v) is 3.41. The van der Waals surface area contributed by atoms with Crippen LogP contribution in [0.1, 0.15) is 48.1 Å². The number of amides is 2. The monoisotopic (exact) mass is 311 g/mol. The molecule has 1 aliphatic rings. The third-order valence-corrected chi connectivity index (χ3v) is 4.77. The minimum absolute atomic E-state index is 0.0642. The standard InChI is InChI=1S/C14H21N3O3S/c1-9(10-4-2-3-5-10)16-14(20)15-7-6-12-17-11(8-21-12)13(18)19/h8-10H,2-7H2,1H3,(H,18,19)(H2,15,16,20). The van der Waals surface area contributed by atoms with Crippen LogP contribution in [0.3, 0.4) is 0 Å². The molecule has 1 fully saturated rings. The average Bonchev–Trinajstić information content (AvgIpc) is 3.10. The van der Waals surface area contributed by atoms with Crippen molar-refractivity contribution in [3.8, 4) is 0 Å². The second-order valence-electron chi connectivity index (χ2n) is 5.42. The number of carbonyl (C=O) groups is 2. The number of aromatic nitrogens is 1. The van der Waals surface area contributed by atoms with Crippen LogP contribution >= 0.6 is 11.3 Å². The van der Waals surface area contributed by atoms with Gasteiger partial charge in [-0.1, -0.05) is 12.8 Å². The van der Waals surface area contributed by atoms with E-state index in [0.717, 1.165) is 5.01 Å². The number of nitrogens with zero attached hydrogens (tertiary/aromatic N) is 1. The van der Waals surface area contributed by atoms with E-state index in [2.05, 4.69) is 22.5 Å². The molecular weight excluding hydrogens is 290 g/mol. The molecule has 0 aliphatic heterocycles. The predicted octanol–water partition coefficient (Wildman–Crippen LogP) is 2.26. The minimum atomic E-state index is -1.02. The van der Waals surface area contributed by atoms with Gasteiger partial charge in [0.2, 0.25) is 0 Å². The Labute approximate surface area is 128 Å². The highest BCUT2D eigenvalue weighted by Gasteiger charge is 2.22. The van der Waals surface area contributed by atoms with Crippen LogP contribution in [0.25, 0.3) is 0 Å². The number of carbonyl (C=O) groups excluding carboxylic acids is 1.